The van der Waals surface area contributed by atoms with Gasteiger partial charge in [-0.2, -0.15) is 0 Å². The number of nitrogens with one attached hydrogen (secondary N) is 1. The van der Waals surface area contributed by atoms with Crippen LogP contribution in [-0.4, -0.2) is 25.5 Å². The summed E-state index contributed by atoms with van der Waals surface area (Å²) in [5.41, 5.74) is 2.45. The van der Waals surface area contributed by atoms with Crippen LogP contribution in [-0.2, 0) is 15.9 Å². The maximum absolute atomic E-state index is 5.49. The van der Waals surface area contributed by atoms with Gasteiger partial charge >= 0.3 is 0 Å². The van der Waals surface area contributed by atoms with Gasteiger partial charge in [0.25, 0.3) is 0 Å². The Kier molecular flexibility index (Phi) is 6.60. The number of rotatable bonds is 5. The highest BCUT2D eigenvalue weighted by Gasteiger charge is 2.31. The van der Waals surface area contributed by atoms with Gasteiger partial charge in [0.05, 0.1) is 18.8 Å². The Bertz CT molecular complexity index is 570. The molecule has 0 spiro atoms. The third-order valence-electron chi connectivity index (χ3n) is 4.02. The van der Waals surface area contributed by atoms with Gasteiger partial charge < -0.3 is 14.8 Å². The molecule has 0 saturated carbocycles. The van der Waals surface area contributed by atoms with E-state index >= 15 is 0 Å². The normalized spacial score (nSPS) is 18.0. The molecule has 1 unspecified atom stereocenters. The molecular weight excluding hydrogens is 310 g/mol. The minimum absolute atomic E-state index is 0. The van der Waals surface area contributed by atoms with Crippen LogP contribution in [0.1, 0.15) is 24.1 Å². The van der Waals surface area contributed by atoms with E-state index in [9.17, 15) is 0 Å². The van der Waals surface area contributed by atoms with Gasteiger partial charge in [0, 0.05) is 6.04 Å². The topological polar surface area (TPSA) is 30.5 Å². The summed E-state index contributed by atoms with van der Waals surface area (Å²) in [5, 5.41) is 3.75. The third kappa shape index (κ3) is 5.05. The second-order valence-corrected chi connectivity index (χ2v) is 6.17. The zero-order chi connectivity index (χ0) is 15.3. The predicted octanol–water partition coefficient (Wildman–Crippen LogP) is 3.74. The maximum atomic E-state index is 5.49. The van der Waals surface area contributed by atoms with Crippen molar-refractivity contribution in [2.75, 3.05) is 20.0 Å². The SMILES string of the molecule is CC1(NC(Cc2ccccc2)c2ccccc2)COCOC1.Cl. The minimum atomic E-state index is -0.159. The summed E-state index contributed by atoms with van der Waals surface area (Å²) >= 11 is 0. The molecule has 2 aromatic carbocycles. The Labute approximate surface area is 144 Å². The van der Waals surface area contributed by atoms with Crippen LogP contribution in [0, 0.1) is 0 Å². The van der Waals surface area contributed by atoms with Crippen LogP contribution in [0.3, 0.4) is 0 Å². The van der Waals surface area contributed by atoms with Crippen molar-refractivity contribution in [3.8, 4) is 0 Å². The summed E-state index contributed by atoms with van der Waals surface area (Å²) in [7, 11) is 0. The fourth-order valence-corrected chi connectivity index (χ4v) is 2.93. The monoisotopic (exact) mass is 333 g/mol. The van der Waals surface area contributed by atoms with Crippen LogP contribution in [0.15, 0.2) is 60.7 Å². The van der Waals surface area contributed by atoms with E-state index in [2.05, 4.69) is 72.9 Å². The van der Waals surface area contributed by atoms with E-state index in [-0.39, 0.29) is 24.0 Å². The van der Waals surface area contributed by atoms with E-state index in [1.807, 2.05) is 0 Å². The summed E-state index contributed by atoms with van der Waals surface area (Å²) in [6.07, 6.45) is 0.945. The number of halogens is 1. The molecule has 1 N–H and O–H groups in total. The van der Waals surface area contributed by atoms with Crippen LogP contribution in [0.25, 0.3) is 0 Å². The fraction of sp³-hybridized carbons (Fsp3) is 0.368. The molecule has 0 aromatic heterocycles. The summed E-state index contributed by atoms with van der Waals surface area (Å²) in [5.74, 6) is 0. The highest BCUT2D eigenvalue weighted by atomic mass is 35.5. The van der Waals surface area contributed by atoms with Gasteiger partial charge in [-0.15, -0.1) is 12.4 Å². The Morgan fingerprint density at radius 1 is 0.957 bits per heavy atom. The average molecular weight is 334 g/mol. The summed E-state index contributed by atoms with van der Waals surface area (Å²) < 4.78 is 11.0. The largest absolute Gasteiger partial charge is 0.353 e. The van der Waals surface area contributed by atoms with Gasteiger partial charge in [-0.25, -0.2) is 0 Å². The first kappa shape index (κ1) is 18.0. The molecule has 4 heteroatoms. The molecule has 1 aliphatic rings. The van der Waals surface area contributed by atoms with Crippen LogP contribution < -0.4 is 5.32 Å². The maximum Gasteiger partial charge on any atom is 0.146 e. The van der Waals surface area contributed by atoms with Crippen molar-refractivity contribution in [1.82, 2.24) is 5.32 Å². The molecule has 1 fully saturated rings. The number of benzene rings is 2. The van der Waals surface area contributed by atoms with Gasteiger partial charge in [-0.1, -0.05) is 60.7 Å². The number of ether oxygens (including phenoxy) is 2. The molecule has 3 nitrogen and oxygen atoms in total. The number of hydrogen-bond acceptors (Lipinski definition) is 3. The van der Waals surface area contributed by atoms with Gasteiger partial charge in [-0.3, -0.25) is 0 Å². The summed E-state index contributed by atoms with van der Waals surface area (Å²) in [6.45, 7) is 3.90. The van der Waals surface area contributed by atoms with E-state index in [1.54, 1.807) is 0 Å². The van der Waals surface area contributed by atoms with Crippen molar-refractivity contribution in [3.05, 3.63) is 71.8 Å². The molecule has 1 saturated heterocycles. The molecule has 0 radical (unpaired) electrons. The fourth-order valence-electron chi connectivity index (χ4n) is 2.93. The molecule has 3 rings (SSSR count). The molecule has 2 aromatic rings. The molecule has 23 heavy (non-hydrogen) atoms. The van der Waals surface area contributed by atoms with E-state index in [4.69, 9.17) is 9.47 Å². The van der Waals surface area contributed by atoms with Crippen molar-refractivity contribution in [2.45, 2.75) is 24.9 Å². The zero-order valence-electron chi connectivity index (χ0n) is 13.4. The Morgan fingerprint density at radius 3 is 2.13 bits per heavy atom. The van der Waals surface area contributed by atoms with Crippen molar-refractivity contribution >= 4 is 12.4 Å². The molecule has 1 heterocycles. The first-order chi connectivity index (χ1) is 10.8. The quantitative estimate of drug-likeness (QED) is 0.904. The lowest BCUT2D eigenvalue weighted by atomic mass is 9.94. The van der Waals surface area contributed by atoms with Crippen molar-refractivity contribution in [3.63, 3.8) is 0 Å². The van der Waals surface area contributed by atoms with Gasteiger partial charge in [0.15, 0.2) is 0 Å². The molecule has 0 aliphatic carbocycles. The van der Waals surface area contributed by atoms with Crippen LogP contribution in [0.4, 0.5) is 0 Å². The van der Waals surface area contributed by atoms with E-state index < -0.39 is 0 Å². The summed E-state index contributed by atoms with van der Waals surface area (Å²) in [4.78, 5) is 0. The number of hydrogen-bond donors (Lipinski definition) is 1. The van der Waals surface area contributed by atoms with Gasteiger partial charge in [0.2, 0.25) is 0 Å². The van der Waals surface area contributed by atoms with E-state index in [0.29, 0.717) is 20.0 Å². The first-order valence-electron chi connectivity index (χ1n) is 7.77. The Balaban J connectivity index is 0.00000192. The van der Waals surface area contributed by atoms with Gasteiger partial charge in [0.1, 0.15) is 6.79 Å². The van der Waals surface area contributed by atoms with Crippen LogP contribution >= 0.6 is 12.4 Å². The van der Waals surface area contributed by atoms with E-state index in [0.717, 1.165) is 6.42 Å². The van der Waals surface area contributed by atoms with Crippen molar-refractivity contribution in [2.24, 2.45) is 0 Å². The molecule has 124 valence electrons. The van der Waals surface area contributed by atoms with Crippen molar-refractivity contribution < 1.29 is 9.47 Å². The molecular formula is C19H24ClNO2. The Morgan fingerprint density at radius 2 is 1.52 bits per heavy atom. The molecule has 1 aliphatic heterocycles. The smallest absolute Gasteiger partial charge is 0.146 e. The highest BCUT2D eigenvalue weighted by molar-refractivity contribution is 5.85. The van der Waals surface area contributed by atoms with Crippen LogP contribution in [0.2, 0.25) is 0 Å². The minimum Gasteiger partial charge on any atom is -0.353 e. The van der Waals surface area contributed by atoms with E-state index in [1.165, 1.54) is 11.1 Å². The second kappa shape index (κ2) is 8.46. The van der Waals surface area contributed by atoms with Gasteiger partial charge in [-0.05, 0) is 24.5 Å². The summed E-state index contributed by atoms with van der Waals surface area (Å²) in [6, 6.07) is 21.4. The predicted molar refractivity (Wildman–Crippen MR) is 94.9 cm³/mol. The second-order valence-electron chi connectivity index (χ2n) is 6.17. The third-order valence-corrected chi connectivity index (χ3v) is 4.02. The van der Waals surface area contributed by atoms with Crippen LogP contribution in [0.5, 0.6) is 0 Å². The lowest BCUT2D eigenvalue weighted by Gasteiger charge is -2.38. The average Bonchev–Trinajstić information content (AvgIpc) is 2.56. The lowest BCUT2D eigenvalue weighted by Crippen LogP contribution is -2.54. The molecule has 0 amide bonds. The molecule has 1 atom stereocenters. The first-order valence-corrected chi connectivity index (χ1v) is 7.77. The highest BCUT2D eigenvalue weighted by Crippen LogP contribution is 2.23. The zero-order valence-corrected chi connectivity index (χ0v) is 14.2. The molecule has 0 bridgehead atoms. The Hall–Kier alpha value is -1.39. The standard InChI is InChI=1S/C19H23NO2.ClH/c1-19(13-21-15-22-14-19)20-18(17-10-6-3-7-11-17)12-16-8-4-2-5-9-16;/h2-11,18,20H,12-15H2,1H3;1H. The lowest BCUT2D eigenvalue weighted by molar-refractivity contribution is -0.141. The van der Waals surface area contributed by atoms with Crippen molar-refractivity contribution in [1.29, 1.82) is 0 Å².